The zero-order valence-corrected chi connectivity index (χ0v) is 11.1. The zero-order valence-electron chi connectivity index (χ0n) is 10.3. The van der Waals surface area contributed by atoms with Gasteiger partial charge in [-0.2, -0.15) is 5.10 Å². The third kappa shape index (κ3) is 3.30. The Balaban J connectivity index is 1.66. The maximum absolute atomic E-state index is 13.6. The average molecular weight is 281 g/mol. The van der Waals surface area contributed by atoms with Crippen LogP contribution in [0.1, 0.15) is 24.2 Å². The molecule has 1 N–H and O–H groups in total. The molecule has 19 heavy (non-hydrogen) atoms. The standard InChI is InChI=1S/C13H14ClFN4/c14-10-1-4-12(15)9(5-10)7-19-8-17-13(18-19)6-16-11-2-3-11/h1,4-5,8,11,16H,2-3,6-7H2. The van der Waals surface area contributed by atoms with Crippen LogP contribution in [0.4, 0.5) is 4.39 Å². The Morgan fingerprint density at radius 2 is 2.26 bits per heavy atom. The highest BCUT2D eigenvalue weighted by Crippen LogP contribution is 2.19. The van der Waals surface area contributed by atoms with E-state index in [0.717, 1.165) is 5.82 Å². The Morgan fingerprint density at radius 3 is 3.05 bits per heavy atom. The van der Waals surface area contributed by atoms with Gasteiger partial charge < -0.3 is 5.32 Å². The molecule has 6 heteroatoms. The van der Waals surface area contributed by atoms with Gasteiger partial charge in [0.25, 0.3) is 0 Å². The summed E-state index contributed by atoms with van der Waals surface area (Å²) in [4.78, 5) is 4.20. The molecule has 0 aliphatic heterocycles. The molecule has 1 aliphatic rings. The predicted molar refractivity (Wildman–Crippen MR) is 70.4 cm³/mol. The largest absolute Gasteiger partial charge is 0.307 e. The van der Waals surface area contributed by atoms with Gasteiger partial charge in [-0.3, -0.25) is 0 Å². The van der Waals surface area contributed by atoms with Crippen LogP contribution in [0.2, 0.25) is 5.02 Å². The van der Waals surface area contributed by atoms with Crippen molar-refractivity contribution in [3.63, 3.8) is 0 Å². The summed E-state index contributed by atoms with van der Waals surface area (Å²) < 4.78 is 15.2. The van der Waals surface area contributed by atoms with Crippen LogP contribution >= 0.6 is 11.6 Å². The summed E-state index contributed by atoms with van der Waals surface area (Å²) in [7, 11) is 0. The van der Waals surface area contributed by atoms with Crippen molar-refractivity contribution in [1.82, 2.24) is 20.1 Å². The molecule has 0 atom stereocenters. The number of benzene rings is 1. The summed E-state index contributed by atoms with van der Waals surface area (Å²) in [5.74, 6) is 0.451. The highest BCUT2D eigenvalue weighted by Gasteiger charge is 2.20. The smallest absolute Gasteiger partial charge is 0.164 e. The number of nitrogens with zero attached hydrogens (tertiary/aromatic N) is 3. The Hall–Kier alpha value is -1.46. The fourth-order valence-corrected chi connectivity index (χ4v) is 2.05. The van der Waals surface area contributed by atoms with Crippen molar-refractivity contribution in [2.24, 2.45) is 0 Å². The minimum Gasteiger partial charge on any atom is -0.307 e. The van der Waals surface area contributed by atoms with Crippen LogP contribution in [0, 0.1) is 5.82 Å². The zero-order chi connectivity index (χ0) is 13.2. The molecule has 1 aliphatic carbocycles. The summed E-state index contributed by atoms with van der Waals surface area (Å²) in [6, 6.07) is 5.13. The molecule has 1 fully saturated rings. The first-order chi connectivity index (χ1) is 9.20. The molecule has 2 aromatic rings. The Bertz CT molecular complexity index is 580. The molecular formula is C13H14ClFN4. The lowest BCUT2D eigenvalue weighted by Crippen LogP contribution is -2.16. The first-order valence-electron chi connectivity index (χ1n) is 6.26. The molecule has 1 heterocycles. The van der Waals surface area contributed by atoms with Crippen LogP contribution in [0.3, 0.4) is 0 Å². The maximum Gasteiger partial charge on any atom is 0.164 e. The van der Waals surface area contributed by atoms with E-state index in [1.807, 2.05) is 0 Å². The van der Waals surface area contributed by atoms with Crippen molar-refractivity contribution in [3.8, 4) is 0 Å². The normalized spacial score (nSPS) is 14.8. The van der Waals surface area contributed by atoms with Gasteiger partial charge in [-0.15, -0.1) is 0 Å². The SMILES string of the molecule is Fc1ccc(Cl)cc1Cn1cnc(CNC2CC2)n1. The van der Waals surface area contributed by atoms with Crippen LogP contribution in [0.25, 0.3) is 0 Å². The van der Waals surface area contributed by atoms with Crippen LogP contribution in [-0.2, 0) is 13.1 Å². The maximum atomic E-state index is 13.6. The molecule has 0 radical (unpaired) electrons. The van der Waals surface area contributed by atoms with Gasteiger partial charge in [0.15, 0.2) is 5.82 Å². The second-order valence-electron chi connectivity index (χ2n) is 4.75. The fourth-order valence-electron chi connectivity index (χ4n) is 1.85. The average Bonchev–Trinajstić information content (AvgIpc) is 3.12. The van der Waals surface area contributed by atoms with E-state index in [0.29, 0.717) is 29.7 Å². The molecule has 0 saturated heterocycles. The van der Waals surface area contributed by atoms with Gasteiger partial charge in [-0.05, 0) is 31.0 Å². The van der Waals surface area contributed by atoms with Crippen LogP contribution in [0.15, 0.2) is 24.5 Å². The van der Waals surface area contributed by atoms with E-state index in [1.54, 1.807) is 17.1 Å². The van der Waals surface area contributed by atoms with Crippen LogP contribution in [0.5, 0.6) is 0 Å². The van der Waals surface area contributed by atoms with Gasteiger partial charge in [0, 0.05) is 16.6 Å². The number of hydrogen-bond donors (Lipinski definition) is 1. The Labute approximate surface area is 115 Å². The molecule has 1 saturated carbocycles. The van der Waals surface area contributed by atoms with Crippen LogP contribution in [-0.4, -0.2) is 20.8 Å². The van der Waals surface area contributed by atoms with E-state index in [9.17, 15) is 4.39 Å². The number of halogens is 2. The van der Waals surface area contributed by atoms with Crippen molar-refractivity contribution in [1.29, 1.82) is 0 Å². The summed E-state index contributed by atoms with van der Waals surface area (Å²) in [5, 5.41) is 8.17. The lowest BCUT2D eigenvalue weighted by molar-refractivity contribution is 0.578. The molecule has 4 nitrogen and oxygen atoms in total. The minimum absolute atomic E-state index is 0.280. The van der Waals surface area contributed by atoms with Gasteiger partial charge in [-0.25, -0.2) is 14.1 Å². The van der Waals surface area contributed by atoms with E-state index in [2.05, 4.69) is 15.4 Å². The third-order valence-corrected chi connectivity index (χ3v) is 3.29. The first-order valence-corrected chi connectivity index (χ1v) is 6.64. The Morgan fingerprint density at radius 1 is 1.42 bits per heavy atom. The topological polar surface area (TPSA) is 42.7 Å². The van der Waals surface area contributed by atoms with E-state index in [-0.39, 0.29) is 5.82 Å². The van der Waals surface area contributed by atoms with Gasteiger partial charge in [0.05, 0.1) is 13.1 Å². The summed E-state index contributed by atoms with van der Waals surface area (Å²) in [6.45, 7) is 0.999. The summed E-state index contributed by atoms with van der Waals surface area (Å²) >= 11 is 5.86. The lowest BCUT2D eigenvalue weighted by Gasteiger charge is -2.03. The Kier molecular flexibility index (Phi) is 3.48. The molecule has 1 aromatic carbocycles. The summed E-state index contributed by atoms with van der Waals surface area (Å²) in [6.07, 6.45) is 4.08. The lowest BCUT2D eigenvalue weighted by atomic mass is 10.2. The number of rotatable bonds is 5. The molecule has 0 unspecified atom stereocenters. The van der Waals surface area contributed by atoms with E-state index in [4.69, 9.17) is 11.6 Å². The molecule has 1 aromatic heterocycles. The number of hydrogen-bond acceptors (Lipinski definition) is 3. The van der Waals surface area contributed by atoms with Gasteiger partial charge in [-0.1, -0.05) is 11.6 Å². The minimum atomic E-state index is -0.280. The van der Waals surface area contributed by atoms with Gasteiger partial charge in [0.1, 0.15) is 12.1 Å². The molecule has 100 valence electrons. The second kappa shape index (κ2) is 5.27. The molecule has 0 bridgehead atoms. The third-order valence-electron chi connectivity index (χ3n) is 3.05. The van der Waals surface area contributed by atoms with E-state index in [1.165, 1.54) is 25.0 Å². The molecule has 0 spiro atoms. The fraction of sp³-hybridized carbons (Fsp3) is 0.385. The first kappa shape index (κ1) is 12.6. The molecular weight excluding hydrogens is 267 g/mol. The number of aromatic nitrogens is 3. The van der Waals surface area contributed by atoms with E-state index >= 15 is 0 Å². The van der Waals surface area contributed by atoms with Crippen molar-refractivity contribution < 1.29 is 4.39 Å². The highest BCUT2D eigenvalue weighted by atomic mass is 35.5. The van der Waals surface area contributed by atoms with Crippen molar-refractivity contribution >= 4 is 11.6 Å². The molecule has 0 amide bonds. The highest BCUT2D eigenvalue weighted by molar-refractivity contribution is 6.30. The summed E-state index contributed by atoms with van der Waals surface area (Å²) in [5.41, 5.74) is 0.513. The van der Waals surface area contributed by atoms with Gasteiger partial charge in [0.2, 0.25) is 0 Å². The van der Waals surface area contributed by atoms with Crippen molar-refractivity contribution in [2.45, 2.75) is 32.0 Å². The molecule has 3 rings (SSSR count). The monoisotopic (exact) mass is 280 g/mol. The van der Waals surface area contributed by atoms with Crippen molar-refractivity contribution in [2.75, 3.05) is 0 Å². The van der Waals surface area contributed by atoms with Crippen molar-refractivity contribution in [3.05, 3.63) is 46.8 Å². The van der Waals surface area contributed by atoms with Gasteiger partial charge >= 0.3 is 0 Å². The van der Waals surface area contributed by atoms with E-state index < -0.39 is 0 Å². The quantitative estimate of drug-likeness (QED) is 0.914. The number of nitrogens with one attached hydrogen (secondary N) is 1. The predicted octanol–water partition coefficient (Wildman–Crippen LogP) is 2.37. The second-order valence-corrected chi connectivity index (χ2v) is 5.19. The van der Waals surface area contributed by atoms with Crippen LogP contribution < -0.4 is 5.32 Å².